The zero-order chi connectivity index (χ0) is 46.1. The highest BCUT2D eigenvalue weighted by atomic mass is 79.9. The van der Waals surface area contributed by atoms with Gasteiger partial charge in [-0.3, -0.25) is 19.4 Å². The largest absolute Gasteiger partial charge is 0.507 e. The van der Waals surface area contributed by atoms with Crippen molar-refractivity contribution in [2.75, 3.05) is 39.4 Å². The van der Waals surface area contributed by atoms with Crippen LogP contribution in [0.5, 0.6) is 11.6 Å². The van der Waals surface area contributed by atoms with E-state index >= 15 is 14.0 Å². The van der Waals surface area contributed by atoms with Crippen molar-refractivity contribution in [1.82, 2.24) is 15.0 Å². The third-order valence-electron chi connectivity index (χ3n) is 14.5. The topological polar surface area (TPSA) is 115 Å². The number of nitrogens with zero attached hydrogens (tertiary/aromatic N) is 3. The summed E-state index contributed by atoms with van der Waals surface area (Å²) in [5.41, 5.74) is 0.289. The van der Waals surface area contributed by atoms with Crippen molar-refractivity contribution in [1.29, 1.82) is 0 Å². The lowest BCUT2D eigenvalue weighted by Gasteiger charge is -2.55. The number of fused-ring (bicyclic) bond motifs is 4. The summed E-state index contributed by atoms with van der Waals surface area (Å²) in [6, 6.07) is 9.84. The van der Waals surface area contributed by atoms with Crippen molar-refractivity contribution in [3.8, 4) is 11.6 Å². The number of ketones is 2. The van der Waals surface area contributed by atoms with Gasteiger partial charge in [0, 0.05) is 42.3 Å². The number of hydrogen-bond donors (Lipinski definition) is 1. The lowest BCUT2D eigenvalue weighted by Crippen LogP contribution is -2.68. The molecule has 346 valence electrons. The molecule has 13 heteroatoms. The summed E-state index contributed by atoms with van der Waals surface area (Å²) in [6.45, 7) is 25.7. The summed E-state index contributed by atoms with van der Waals surface area (Å²) in [7, 11) is -2.99. The molecular formula is C51H67BrFN3O7Si. The van der Waals surface area contributed by atoms with Crippen molar-refractivity contribution in [2.45, 2.75) is 128 Å². The monoisotopic (exact) mass is 959 g/mol. The molecule has 0 spiro atoms. The minimum absolute atomic E-state index is 0.0174. The van der Waals surface area contributed by atoms with Crippen LogP contribution in [0.1, 0.15) is 130 Å². The summed E-state index contributed by atoms with van der Waals surface area (Å²) in [6.07, 6.45) is 8.93. The van der Waals surface area contributed by atoms with Crippen LogP contribution in [0.15, 0.2) is 70.2 Å². The summed E-state index contributed by atoms with van der Waals surface area (Å²) in [5, 5.41) is 16.6. The second-order valence-electron chi connectivity index (χ2n) is 19.6. The lowest BCUT2D eigenvalue weighted by atomic mass is 9.57. The first-order valence-corrected chi connectivity index (χ1v) is 27.0. The summed E-state index contributed by atoms with van der Waals surface area (Å²) in [5.74, 6) is -2.44. The van der Waals surface area contributed by atoms with Gasteiger partial charge in [-0.25, -0.2) is 4.39 Å². The van der Waals surface area contributed by atoms with E-state index in [0.717, 1.165) is 51.6 Å². The maximum absolute atomic E-state index is 17.6. The normalized spacial score (nSPS) is 22.8. The number of halogens is 2. The molecule has 0 radical (unpaired) electrons. The van der Waals surface area contributed by atoms with Crippen molar-refractivity contribution in [3.63, 3.8) is 0 Å². The molecule has 2 heterocycles. The molecule has 10 nitrogen and oxygen atoms in total. The quantitative estimate of drug-likeness (QED) is 0.0572. The molecule has 4 aliphatic rings. The number of aliphatic hydroxyl groups is 1. The molecule has 3 aromatic rings. The fourth-order valence-corrected chi connectivity index (χ4v) is 12.1. The molecule has 1 aliphatic heterocycles. The zero-order valence-electron chi connectivity index (χ0n) is 38.9. The summed E-state index contributed by atoms with van der Waals surface area (Å²) in [4.78, 5) is 36.2. The average Bonchev–Trinajstić information content (AvgIpc) is 3.68. The molecule has 4 atom stereocenters. The second kappa shape index (κ2) is 19.5. The van der Waals surface area contributed by atoms with E-state index in [2.05, 4.69) is 96.0 Å². The second-order valence-corrected chi connectivity index (χ2v) is 25.1. The van der Waals surface area contributed by atoms with Gasteiger partial charge in [0.2, 0.25) is 11.6 Å². The molecule has 2 fully saturated rings. The number of carbonyl (C=O) groups is 2. The Morgan fingerprint density at radius 3 is 2.25 bits per heavy atom. The van der Waals surface area contributed by atoms with Crippen LogP contribution in [-0.2, 0) is 22.2 Å². The van der Waals surface area contributed by atoms with E-state index in [9.17, 15) is 5.11 Å². The molecule has 1 N–H and O–H groups in total. The van der Waals surface area contributed by atoms with Crippen LogP contribution in [0.4, 0.5) is 4.39 Å². The molecule has 3 aliphatic carbocycles. The van der Waals surface area contributed by atoms with E-state index in [1.54, 1.807) is 12.2 Å². The molecule has 0 amide bonds. The zero-order valence-corrected chi connectivity index (χ0v) is 41.5. The number of ether oxygens (including phenoxy) is 2. The third-order valence-corrected chi connectivity index (χ3v) is 19.8. The first kappa shape index (κ1) is 48.1. The van der Waals surface area contributed by atoms with Crippen molar-refractivity contribution < 1.29 is 37.5 Å². The van der Waals surface area contributed by atoms with Gasteiger partial charge in [-0.2, -0.15) is 0 Å². The first-order chi connectivity index (χ1) is 30.6. The third kappa shape index (κ3) is 8.64. The molecule has 2 aromatic carbocycles. The molecule has 64 heavy (non-hydrogen) atoms. The Morgan fingerprint density at radius 2 is 1.64 bits per heavy atom. The molecule has 1 saturated carbocycles. The van der Waals surface area contributed by atoms with Gasteiger partial charge in [-0.1, -0.05) is 89.9 Å². The van der Waals surface area contributed by atoms with Gasteiger partial charge < -0.3 is 23.5 Å². The Morgan fingerprint density at radius 1 is 1.00 bits per heavy atom. The van der Waals surface area contributed by atoms with Gasteiger partial charge >= 0.3 is 0 Å². The number of carbonyl (C=O) groups excluding carboxylic acids is 2. The van der Waals surface area contributed by atoms with Crippen LogP contribution in [0.2, 0.25) is 18.1 Å². The SMILES string of the molecule is C=CCN(CC=C)[C@@H]1c2onc(OCCCC)c2C(=O)[C@@]2(O[Si](C)(C)C(C)(C)C)C(=O)C3=C(O)c4c(c(F)c(CN5CCC(c6ccccc6)CC5)c(Br)c4OCCCC)C[C@H]3C[C@@H]12. The summed E-state index contributed by atoms with van der Waals surface area (Å²) >= 11 is 3.77. The van der Waals surface area contributed by atoms with E-state index in [1.807, 2.05) is 26.1 Å². The van der Waals surface area contributed by atoms with E-state index in [1.165, 1.54) is 5.56 Å². The van der Waals surface area contributed by atoms with Gasteiger partial charge in [0.25, 0.3) is 5.88 Å². The average molecular weight is 961 g/mol. The van der Waals surface area contributed by atoms with E-state index in [0.29, 0.717) is 65.9 Å². The van der Waals surface area contributed by atoms with Gasteiger partial charge in [0.05, 0.1) is 29.3 Å². The highest BCUT2D eigenvalue weighted by Gasteiger charge is 2.69. The van der Waals surface area contributed by atoms with Crippen LogP contribution < -0.4 is 9.47 Å². The number of benzene rings is 2. The number of piperidine rings is 1. The number of Topliss-reactive ketones (excluding diaryl/α,β-unsaturated/α-hetero) is 2. The van der Waals surface area contributed by atoms with Crippen LogP contribution in [0.25, 0.3) is 5.76 Å². The Labute approximate surface area is 388 Å². The molecule has 1 saturated heterocycles. The number of rotatable bonds is 18. The van der Waals surface area contributed by atoms with Crippen molar-refractivity contribution >= 4 is 41.6 Å². The van der Waals surface area contributed by atoms with E-state index in [-0.39, 0.29) is 41.2 Å². The molecule has 0 bridgehead atoms. The first-order valence-electron chi connectivity index (χ1n) is 23.3. The maximum Gasteiger partial charge on any atom is 0.265 e. The highest BCUT2D eigenvalue weighted by Crippen LogP contribution is 2.60. The predicted octanol–water partition coefficient (Wildman–Crippen LogP) is 11.7. The van der Waals surface area contributed by atoms with Gasteiger partial charge in [-0.15, -0.1) is 13.2 Å². The molecule has 1 aromatic heterocycles. The van der Waals surface area contributed by atoms with E-state index < -0.39 is 54.2 Å². The standard InChI is InChI=1S/C51H67BrFN3O7Si/c1-10-14-27-60-45-39-35(42(53)36(41(45)52)31-55-25-21-33(22-26-55)32-19-17-16-18-20-32)29-34-30-37-43(56(23-12-3)24-13-4)46-40(49(54-62-46)61-28-15-11-2)48(59)51(37,47(58)38(34)44(39)57)63-64(8,9)50(5,6)7/h12-13,16-20,33-34,37,43,57H,3-4,10-11,14-15,21-31H2,1-2,5-9H3/t34-,37-,43-,51-/m0/s1. The highest BCUT2D eigenvalue weighted by molar-refractivity contribution is 9.10. The van der Waals surface area contributed by atoms with Gasteiger partial charge in [-0.05, 0) is 108 Å². The summed E-state index contributed by atoms with van der Waals surface area (Å²) < 4.78 is 44.1. The number of aliphatic hydroxyl groups excluding tert-OH is 1. The minimum Gasteiger partial charge on any atom is -0.507 e. The smallest absolute Gasteiger partial charge is 0.265 e. The van der Waals surface area contributed by atoms with Gasteiger partial charge in [0.1, 0.15) is 22.9 Å². The number of likely N-dealkylation sites (tertiary alicyclic amines) is 1. The number of aromatic nitrogens is 1. The fraction of sp³-hybridized carbons (Fsp3) is 0.549. The van der Waals surface area contributed by atoms with Crippen LogP contribution in [-0.4, -0.2) is 84.9 Å². The number of hydrogen-bond acceptors (Lipinski definition) is 10. The Bertz CT molecular complexity index is 2250. The van der Waals surface area contributed by atoms with Crippen LogP contribution in [0.3, 0.4) is 0 Å². The molecule has 0 unspecified atom stereocenters. The molecular weight excluding hydrogens is 894 g/mol. The predicted molar refractivity (Wildman–Crippen MR) is 255 cm³/mol. The Balaban J connectivity index is 1.39. The fourth-order valence-electron chi connectivity index (χ4n) is 10.1. The molecule has 7 rings (SSSR count). The van der Waals surface area contributed by atoms with Crippen LogP contribution >= 0.6 is 15.9 Å². The van der Waals surface area contributed by atoms with Crippen LogP contribution in [0, 0.1) is 17.7 Å². The Kier molecular flexibility index (Phi) is 14.7. The maximum atomic E-state index is 17.6. The van der Waals surface area contributed by atoms with E-state index in [4.69, 9.17) is 18.4 Å². The lowest BCUT2D eigenvalue weighted by molar-refractivity contribution is -0.141. The van der Waals surface area contributed by atoms with Crippen molar-refractivity contribution in [2.24, 2.45) is 11.8 Å². The van der Waals surface area contributed by atoms with Crippen molar-refractivity contribution in [3.05, 3.63) is 105 Å². The van der Waals surface area contributed by atoms with Gasteiger partial charge in [0.15, 0.2) is 19.7 Å². The Hall–Kier alpha value is -3.88. The minimum atomic E-state index is -2.99. The number of unbranched alkanes of at least 4 members (excludes halogenated alkanes) is 2.